The Morgan fingerprint density at radius 3 is 2.57 bits per heavy atom. The lowest BCUT2D eigenvalue weighted by atomic mass is 9.47. The van der Waals surface area contributed by atoms with Gasteiger partial charge in [-0.25, -0.2) is 4.98 Å². The Morgan fingerprint density at radius 2 is 1.96 bits per heavy atom. The van der Waals surface area contributed by atoms with Gasteiger partial charge in [0.05, 0.1) is 18.0 Å². The largest absolute Gasteiger partial charge is 0.390 e. The lowest BCUT2D eigenvalue weighted by molar-refractivity contribution is -0.169. The van der Waals surface area contributed by atoms with Crippen LogP contribution in [-0.2, 0) is 4.79 Å². The van der Waals surface area contributed by atoms with Crippen LogP contribution in [-0.4, -0.2) is 26.2 Å². The van der Waals surface area contributed by atoms with Crippen LogP contribution < -0.4 is 5.32 Å². The SMILES string of the molecule is C[C@@H](NC(=O)CC12C[C@H]3C[C@@H](CC(O)(C3)C1)C2)c1ccc(-n2ccnc2)cc1. The molecule has 0 spiro atoms. The van der Waals surface area contributed by atoms with E-state index in [0.717, 1.165) is 43.4 Å². The molecule has 5 nitrogen and oxygen atoms in total. The maximum absolute atomic E-state index is 12.9. The second-order valence-electron chi connectivity index (χ2n) is 9.71. The molecule has 0 radical (unpaired) electrons. The van der Waals surface area contributed by atoms with E-state index >= 15 is 0 Å². The summed E-state index contributed by atoms with van der Waals surface area (Å²) in [5, 5.41) is 14.1. The molecule has 4 aliphatic carbocycles. The second-order valence-corrected chi connectivity index (χ2v) is 9.71. The molecule has 4 aliphatic rings. The second kappa shape index (κ2) is 6.45. The standard InChI is InChI=1S/C23H29N3O2/c1-16(19-2-4-20(5-3-19)26-7-6-24-15-26)25-21(27)13-22-9-17-8-18(10-22)12-23(28,11-17)14-22/h2-7,15-18,28H,8-14H2,1H3,(H,25,27)/t16-,17-,18-,22?,23?/m1/s1. The first-order valence-corrected chi connectivity index (χ1v) is 10.5. The van der Waals surface area contributed by atoms with Gasteiger partial charge < -0.3 is 15.0 Å². The van der Waals surface area contributed by atoms with Gasteiger partial charge in [0.1, 0.15) is 0 Å². The lowest BCUT2D eigenvalue weighted by Gasteiger charge is -2.60. The van der Waals surface area contributed by atoms with Crippen molar-refractivity contribution in [2.75, 3.05) is 0 Å². The summed E-state index contributed by atoms with van der Waals surface area (Å²) in [4.78, 5) is 16.9. The zero-order valence-corrected chi connectivity index (χ0v) is 16.5. The topological polar surface area (TPSA) is 67.2 Å². The third-order valence-corrected chi connectivity index (χ3v) is 7.26. The summed E-state index contributed by atoms with van der Waals surface area (Å²) in [7, 11) is 0. The van der Waals surface area contributed by atoms with Crippen LogP contribution in [0.5, 0.6) is 0 Å². The number of amides is 1. The van der Waals surface area contributed by atoms with Gasteiger partial charge in [0.2, 0.25) is 5.91 Å². The first-order valence-electron chi connectivity index (χ1n) is 10.5. The number of rotatable bonds is 5. The van der Waals surface area contributed by atoms with E-state index in [4.69, 9.17) is 0 Å². The van der Waals surface area contributed by atoms with Gasteiger partial charge in [-0.3, -0.25) is 4.79 Å². The minimum absolute atomic E-state index is 0.0217. The fourth-order valence-electron chi connectivity index (χ4n) is 6.67. The van der Waals surface area contributed by atoms with Gasteiger partial charge >= 0.3 is 0 Å². The number of carbonyl (C=O) groups is 1. The van der Waals surface area contributed by atoms with Crippen molar-refractivity contribution in [3.05, 3.63) is 48.5 Å². The summed E-state index contributed by atoms with van der Waals surface area (Å²) in [6, 6.07) is 8.20. The first-order chi connectivity index (χ1) is 13.4. The molecule has 6 rings (SSSR count). The highest BCUT2D eigenvalue weighted by atomic mass is 16.3. The molecular weight excluding hydrogens is 350 g/mol. The van der Waals surface area contributed by atoms with Crippen molar-refractivity contribution in [3.8, 4) is 5.69 Å². The average molecular weight is 380 g/mol. The molecule has 0 aliphatic heterocycles. The molecule has 28 heavy (non-hydrogen) atoms. The van der Waals surface area contributed by atoms with Gasteiger partial charge in [0, 0.05) is 24.5 Å². The summed E-state index contributed by atoms with van der Waals surface area (Å²) in [6.45, 7) is 2.04. The summed E-state index contributed by atoms with van der Waals surface area (Å²) in [6.07, 6.45) is 12.2. The first kappa shape index (κ1) is 17.9. The van der Waals surface area contributed by atoms with Crippen LogP contribution in [0.3, 0.4) is 0 Å². The fourth-order valence-corrected chi connectivity index (χ4v) is 6.67. The molecule has 1 aromatic carbocycles. The van der Waals surface area contributed by atoms with Crippen molar-refractivity contribution >= 4 is 5.91 Å². The molecule has 4 fully saturated rings. The Bertz CT molecular complexity index is 844. The highest BCUT2D eigenvalue weighted by Crippen LogP contribution is 2.62. The van der Waals surface area contributed by atoms with E-state index in [1.54, 1.807) is 12.5 Å². The molecule has 5 heteroatoms. The molecule has 148 valence electrons. The van der Waals surface area contributed by atoms with Crippen molar-refractivity contribution in [1.82, 2.24) is 14.9 Å². The average Bonchev–Trinajstić information content (AvgIpc) is 3.13. The predicted octanol–water partition coefficient (Wildman–Crippen LogP) is 3.77. The highest BCUT2D eigenvalue weighted by molar-refractivity contribution is 5.77. The van der Waals surface area contributed by atoms with Gasteiger partial charge in [-0.1, -0.05) is 12.1 Å². The smallest absolute Gasteiger partial charge is 0.221 e. The molecule has 2 N–H and O–H groups in total. The van der Waals surface area contributed by atoms with Crippen molar-refractivity contribution in [3.63, 3.8) is 0 Å². The fraction of sp³-hybridized carbons (Fsp3) is 0.565. The van der Waals surface area contributed by atoms with Gasteiger partial charge in [0.15, 0.2) is 0 Å². The summed E-state index contributed by atoms with van der Waals surface area (Å²) in [5.41, 5.74) is 1.68. The third kappa shape index (κ3) is 3.26. The number of aromatic nitrogens is 2. The Hall–Kier alpha value is -2.14. The van der Waals surface area contributed by atoms with Crippen LogP contribution in [0.2, 0.25) is 0 Å². The van der Waals surface area contributed by atoms with E-state index in [2.05, 4.69) is 22.4 Å². The van der Waals surface area contributed by atoms with E-state index < -0.39 is 5.60 Å². The van der Waals surface area contributed by atoms with Crippen LogP contribution in [0, 0.1) is 17.3 Å². The number of aliphatic hydroxyl groups is 1. The maximum atomic E-state index is 12.9. The van der Waals surface area contributed by atoms with Crippen molar-refractivity contribution in [2.45, 2.75) is 63.5 Å². The van der Waals surface area contributed by atoms with Crippen LogP contribution in [0.1, 0.15) is 63.5 Å². The zero-order valence-electron chi connectivity index (χ0n) is 16.5. The highest BCUT2D eigenvalue weighted by Gasteiger charge is 2.57. The quantitative estimate of drug-likeness (QED) is 0.831. The van der Waals surface area contributed by atoms with Gasteiger partial charge in [-0.05, 0) is 80.4 Å². The van der Waals surface area contributed by atoms with E-state index in [1.807, 2.05) is 29.8 Å². The molecule has 1 amide bonds. The van der Waals surface area contributed by atoms with Gasteiger partial charge in [-0.15, -0.1) is 0 Å². The van der Waals surface area contributed by atoms with E-state index in [-0.39, 0.29) is 17.4 Å². The molecule has 2 aromatic rings. The number of benzene rings is 1. The van der Waals surface area contributed by atoms with Crippen LogP contribution >= 0.6 is 0 Å². The summed E-state index contributed by atoms with van der Waals surface area (Å²) >= 11 is 0. The Morgan fingerprint density at radius 1 is 1.25 bits per heavy atom. The summed E-state index contributed by atoms with van der Waals surface area (Å²) in [5.74, 6) is 1.36. The minimum Gasteiger partial charge on any atom is -0.390 e. The molecule has 0 saturated heterocycles. The van der Waals surface area contributed by atoms with Gasteiger partial charge in [0.25, 0.3) is 0 Å². The number of carbonyl (C=O) groups excluding carboxylic acids is 1. The summed E-state index contributed by atoms with van der Waals surface area (Å²) < 4.78 is 1.96. The van der Waals surface area contributed by atoms with Gasteiger partial charge in [-0.2, -0.15) is 0 Å². The Balaban J connectivity index is 1.23. The van der Waals surface area contributed by atoms with Crippen molar-refractivity contribution in [2.24, 2.45) is 17.3 Å². The normalized spacial score (nSPS) is 34.4. The van der Waals surface area contributed by atoms with E-state index in [1.165, 1.54) is 6.42 Å². The van der Waals surface area contributed by atoms with Crippen molar-refractivity contribution in [1.29, 1.82) is 0 Å². The van der Waals surface area contributed by atoms with E-state index in [9.17, 15) is 9.90 Å². The molecule has 4 saturated carbocycles. The van der Waals surface area contributed by atoms with E-state index in [0.29, 0.717) is 18.3 Å². The Kier molecular flexibility index (Phi) is 4.13. The molecule has 0 unspecified atom stereocenters. The monoisotopic (exact) mass is 379 g/mol. The number of imidazole rings is 1. The van der Waals surface area contributed by atoms with Crippen molar-refractivity contribution < 1.29 is 9.90 Å². The lowest BCUT2D eigenvalue weighted by Crippen LogP contribution is -2.56. The number of hydrogen-bond acceptors (Lipinski definition) is 3. The number of hydrogen-bond donors (Lipinski definition) is 2. The van der Waals surface area contributed by atoms with Crippen LogP contribution in [0.4, 0.5) is 0 Å². The predicted molar refractivity (Wildman–Crippen MR) is 107 cm³/mol. The van der Waals surface area contributed by atoms with Crippen LogP contribution in [0.15, 0.2) is 43.0 Å². The number of nitrogens with one attached hydrogen (secondary N) is 1. The maximum Gasteiger partial charge on any atom is 0.221 e. The minimum atomic E-state index is -0.501. The molecular formula is C23H29N3O2. The molecule has 1 heterocycles. The molecule has 3 atom stereocenters. The molecule has 1 aromatic heterocycles. The third-order valence-electron chi connectivity index (χ3n) is 7.26. The zero-order chi connectivity index (χ0) is 19.4. The Labute approximate surface area is 166 Å². The van der Waals surface area contributed by atoms with Crippen LogP contribution in [0.25, 0.3) is 5.69 Å². The number of nitrogens with zero attached hydrogens (tertiary/aromatic N) is 2. The molecule has 4 bridgehead atoms.